The molecule has 1 saturated carbocycles. The van der Waals surface area contributed by atoms with Gasteiger partial charge in [-0.2, -0.15) is 0 Å². The third-order valence-corrected chi connectivity index (χ3v) is 3.83. The molecular weight excluding hydrogens is 250 g/mol. The zero-order valence-electron chi connectivity index (χ0n) is 12.1. The van der Waals surface area contributed by atoms with Gasteiger partial charge in [-0.1, -0.05) is 19.1 Å². The molecule has 1 aliphatic rings. The van der Waals surface area contributed by atoms with Crippen molar-refractivity contribution in [1.29, 1.82) is 0 Å². The molecule has 0 bridgehead atoms. The second-order valence-corrected chi connectivity index (χ2v) is 5.60. The van der Waals surface area contributed by atoms with Gasteiger partial charge in [-0.25, -0.2) is 4.98 Å². The van der Waals surface area contributed by atoms with Crippen molar-refractivity contribution in [1.82, 2.24) is 14.9 Å². The molecule has 1 fully saturated rings. The first-order valence-corrected chi connectivity index (χ1v) is 7.47. The Morgan fingerprint density at radius 1 is 1.45 bits per heavy atom. The number of fused-ring (bicyclic) bond motifs is 1. The zero-order chi connectivity index (χ0) is 14.1. The van der Waals surface area contributed by atoms with Gasteiger partial charge in [0.2, 0.25) is 5.91 Å². The van der Waals surface area contributed by atoms with Crippen molar-refractivity contribution >= 4 is 16.9 Å². The molecule has 4 nitrogen and oxygen atoms in total. The largest absolute Gasteiger partial charge is 0.352 e. The number of nitrogens with one attached hydrogen (secondary N) is 1. The average Bonchev–Trinajstić information content (AvgIpc) is 3.18. The van der Waals surface area contributed by atoms with Crippen LogP contribution in [0.25, 0.3) is 11.0 Å². The van der Waals surface area contributed by atoms with Crippen LogP contribution in [0, 0.1) is 0 Å². The quantitative estimate of drug-likeness (QED) is 0.909. The van der Waals surface area contributed by atoms with E-state index in [4.69, 9.17) is 0 Å². The minimum atomic E-state index is -0.204. The van der Waals surface area contributed by atoms with E-state index in [-0.39, 0.29) is 11.9 Å². The molecule has 1 atom stereocenters. The van der Waals surface area contributed by atoms with Crippen LogP contribution in [0.15, 0.2) is 24.3 Å². The summed E-state index contributed by atoms with van der Waals surface area (Å²) in [5, 5.41) is 3.09. The van der Waals surface area contributed by atoms with Crippen LogP contribution in [0.4, 0.5) is 0 Å². The SMILES string of the molecule is CCCc1nc2ccccc2n1C(C)C(=O)NC1CC1. The lowest BCUT2D eigenvalue weighted by Gasteiger charge is -2.17. The van der Waals surface area contributed by atoms with Gasteiger partial charge in [-0.05, 0) is 38.3 Å². The van der Waals surface area contributed by atoms with Gasteiger partial charge >= 0.3 is 0 Å². The van der Waals surface area contributed by atoms with E-state index < -0.39 is 0 Å². The summed E-state index contributed by atoms with van der Waals surface area (Å²) in [6.07, 6.45) is 4.16. The van der Waals surface area contributed by atoms with Gasteiger partial charge in [0, 0.05) is 12.5 Å². The second-order valence-electron chi connectivity index (χ2n) is 5.60. The van der Waals surface area contributed by atoms with E-state index in [1.54, 1.807) is 0 Å². The van der Waals surface area contributed by atoms with Crippen LogP contribution in [0.2, 0.25) is 0 Å². The molecule has 1 aromatic carbocycles. The number of aromatic nitrogens is 2. The standard InChI is InChI=1S/C16H21N3O/c1-3-6-15-18-13-7-4-5-8-14(13)19(15)11(2)16(20)17-12-9-10-12/h4-5,7-8,11-12H,3,6,9-10H2,1-2H3,(H,17,20). The predicted octanol–water partition coefficient (Wildman–Crippen LogP) is 2.83. The predicted molar refractivity (Wildman–Crippen MR) is 79.6 cm³/mol. The van der Waals surface area contributed by atoms with Crippen molar-refractivity contribution in [2.24, 2.45) is 0 Å². The van der Waals surface area contributed by atoms with Gasteiger partial charge in [-0.15, -0.1) is 0 Å². The van der Waals surface area contributed by atoms with E-state index in [0.29, 0.717) is 6.04 Å². The molecule has 3 rings (SSSR count). The monoisotopic (exact) mass is 271 g/mol. The van der Waals surface area contributed by atoms with Crippen LogP contribution in [0.1, 0.15) is 45.0 Å². The lowest BCUT2D eigenvalue weighted by Crippen LogP contribution is -2.33. The van der Waals surface area contributed by atoms with Gasteiger partial charge < -0.3 is 9.88 Å². The molecule has 4 heteroatoms. The van der Waals surface area contributed by atoms with E-state index in [0.717, 1.165) is 42.5 Å². The number of aryl methyl sites for hydroxylation is 1. The second kappa shape index (κ2) is 5.27. The van der Waals surface area contributed by atoms with Crippen LogP contribution < -0.4 is 5.32 Å². The smallest absolute Gasteiger partial charge is 0.243 e. The maximum atomic E-state index is 12.3. The van der Waals surface area contributed by atoms with Crippen molar-refractivity contribution in [3.05, 3.63) is 30.1 Å². The third kappa shape index (κ3) is 2.42. The highest BCUT2D eigenvalue weighted by Gasteiger charge is 2.27. The third-order valence-electron chi connectivity index (χ3n) is 3.83. The maximum Gasteiger partial charge on any atom is 0.243 e. The number of nitrogens with zero attached hydrogens (tertiary/aromatic N) is 2. The first-order valence-electron chi connectivity index (χ1n) is 7.47. The fourth-order valence-corrected chi connectivity index (χ4v) is 2.59. The van der Waals surface area contributed by atoms with Crippen LogP contribution in [-0.4, -0.2) is 21.5 Å². The van der Waals surface area contributed by atoms with E-state index >= 15 is 0 Å². The molecule has 1 aromatic heterocycles. The molecule has 106 valence electrons. The molecular formula is C16H21N3O. The molecule has 1 amide bonds. The zero-order valence-corrected chi connectivity index (χ0v) is 12.1. The minimum Gasteiger partial charge on any atom is -0.352 e. The normalized spacial score (nSPS) is 16.3. The minimum absolute atomic E-state index is 0.105. The lowest BCUT2D eigenvalue weighted by atomic mass is 10.2. The van der Waals surface area contributed by atoms with Crippen molar-refractivity contribution in [3.63, 3.8) is 0 Å². The van der Waals surface area contributed by atoms with E-state index in [2.05, 4.69) is 21.8 Å². The Kier molecular flexibility index (Phi) is 3.47. The molecule has 1 heterocycles. The van der Waals surface area contributed by atoms with E-state index in [9.17, 15) is 4.79 Å². The van der Waals surface area contributed by atoms with Crippen molar-refractivity contribution in [3.8, 4) is 0 Å². The summed E-state index contributed by atoms with van der Waals surface area (Å²) in [5.41, 5.74) is 2.02. The fraction of sp³-hybridized carbons (Fsp3) is 0.500. The summed E-state index contributed by atoms with van der Waals surface area (Å²) >= 11 is 0. The molecule has 0 spiro atoms. The van der Waals surface area contributed by atoms with Crippen LogP contribution in [0.5, 0.6) is 0 Å². The number of rotatable bonds is 5. The van der Waals surface area contributed by atoms with Crippen molar-refractivity contribution < 1.29 is 4.79 Å². The Morgan fingerprint density at radius 3 is 2.90 bits per heavy atom. The highest BCUT2D eigenvalue weighted by Crippen LogP contribution is 2.24. The van der Waals surface area contributed by atoms with E-state index in [1.807, 2.05) is 31.2 Å². The number of hydrogen-bond donors (Lipinski definition) is 1. The maximum absolute atomic E-state index is 12.3. The first kappa shape index (κ1) is 13.2. The van der Waals surface area contributed by atoms with Gasteiger partial charge in [0.05, 0.1) is 11.0 Å². The van der Waals surface area contributed by atoms with Gasteiger partial charge in [0.1, 0.15) is 11.9 Å². The molecule has 0 saturated heterocycles. The lowest BCUT2D eigenvalue weighted by molar-refractivity contribution is -0.124. The average molecular weight is 271 g/mol. The summed E-state index contributed by atoms with van der Waals surface area (Å²) in [4.78, 5) is 17.0. The van der Waals surface area contributed by atoms with Gasteiger partial charge in [0.15, 0.2) is 0 Å². The Hall–Kier alpha value is -1.84. The number of carbonyl (C=O) groups is 1. The molecule has 2 aromatic rings. The fourth-order valence-electron chi connectivity index (χ4n) is 2.59. The highest BCUT2D eigenvalue weighted by molar-refractivity contribution is 5.84. The molecule has 1 N–H and O–H groups in total. The van der Waals surface area contributed by atoms with Crippen LogP contribution in [-0.2, 0) is 11.2 Å². The van der Waals surface area contributed by atoms with Gasteiger partial charge in [0.25, 0.3) is 0 Å². The number of hydrogen-bond acceptors (Lipinski definition) is 2. The Bertz CT molecular complexity index is 628. The summed E-state index contributed by atoms with van der Waals surface area (Å²) in [6.45, 7) is 4.10. The van der Waals surface area contributed by atoms with Crippen LogP contribution in [0.3, 0.4) is 0 Å². The summed E-state index contributed by atoms with van der Waals surface area (Å²) in [6, 6.07) is 8.24. The molecule has 0 aliphatic heterocycles. The topological polar surface area (TPSA) is 46.9 Å². The Morgan fingerprint density at radius 2 is 2.20 bits per heavy atom. The van der Waals surface area contributed by atoms with Crippen molar-refractivity contribution in [2.75, 3.05) is 0 Å². The number of amides is 1. The molecule has 1 unspecified atom stereocenters. The summed E-state index contributed by atoms with van der Waals surface area (Å²) in [5.74, 6) is 1.11. The number of imidazole rings is 1. The summed E-state index contributed by atoms with van der Waals surface area (Å²) < 4.78 is 2.09. The number of carbonyl (C=O) groups excluding carboxylic acids is 1. The first-order chi connectivity index (χ1) is 9.70. The Balaban J connectivity index is 1.98. The van der Waals surface area contributed by atoms with E-state index in [1.165, 1.54) is 0 Å². The van der Waals surface area contributed by atoms with Crippen LogP contribution >= 0.6 is 0 Å². The molecule has 20 heavy (non-hydrogen) atoms. The molecule has 1 aliphatic carbocycles. The van der Waals surface area contributed by atoms with Gasteiger partial charge in [-0.3, -0.25) is 4.79 Å². The Labute approximate surface area is 119 Å². The number of benzene rings is 1. The summed E-state index contributed by atoms with van der Waals surface area (Å²) in [7, 11) is 0. The number of para-hydroxylation sites is 2. The highest BCUT2D eigenvalue weighted by atomic mass is 16.2. The van der Waals surface area contributed by atoms with Crippen molar-refractivity contribution in [2.45, 2.75) is 51.6 Å². The molecule has 0 radical (unpaired) electrons.